The normalized spacial score (nSPS) is 19.8. The monoisotopic (exact) mass is 381 g/mol. The fraction of sp³-hybridized carbons (Fsp3) is 0.900. The molecule has 7 nitrogen and oxygen atoms in total. The molecule has 0 aliphatic carbocycles. The van der Waals surface area contributed by atoms with Crippen molar-refractivity contribution in [3.63, 3.8) is 0 Å². The molecule has 0 unspecified atom stereocenters. The molecule has 2 aliphatic heterocycles. The summed E-state index contributed by atoms with van der Waals surface area (Å²) in [4.78, 5) is 20.5. The van der Waals surface area contributed by atoms with E-state index in [4.69, 9.17) is 4.74 Å². The largest absolute Gasteiger partial charge is 0.450 e. The molecular formula is C20H39N5O2. The number of hydrogen-bond donors (Lipinski definition) is 2. The predicted octanol–water partition coefficient (Wildman–Crippen LogP) is 2.43. The average molecular weight is 382 g/mol. The predicted molar refractivity (Wildman–Crippen MR) is 110 cm³/mol. The van der Waals surface area contributed by atoms with Crippen molar-refractivity contribution >= 4 is 12.1 Å². The molecule has 27 heavy (non-hydrogen) atoms. The first-order valence-electron chi connectivity index (χ1n) is 10.8. The van der Waals surface area contributed by atoms with Crippen LogP contribution in [0.15, 0.2) is 4.99 Å². The van der Waals surface area contributed by atoms with E-state index in [9.17, 15) is 4.79 Å². The first-order chi connectivity index (χ1) is 13.2. The van der Waals surface area contributed by atoms with Crippen molar-refractivity contribution < 1.29 is 9.53 Å². The Bertz CT molecular complexity index is 444. The molecule has 1 amide bonds. The Morgan fingerprint density at radius 2 is 1.81 bits per heavy atom. The van der Waals surface area contributed by atoms with Crippen molar-refractivity contribution in [2.45, 2.75) is 64.3 Å². The molecule has 0 aromatic rings. The first-order valence-corrected chi connectivity index (χ1v) is 10.8. The van der Waals surface area contributed by atoms with Crippen molar-refractivity contribution in [1.82, 2.24) is 20.4 Å². The van der Waals surface area contributed by atoms with E-state index in [1.807, 2.05) is 14.0 Å². The lowest BCUT2D eigenvalue weighted by atomic mass is 10.1. The zero-order chi connectivity index (χ0) is 19.3. The molecule has 0 atom stereocenters. The van der Waals surface area contributed by atoms with Gasteiger partial charge in [-0.1, -0.05) is 12.8 Å². The van der Waals surface area contributed by atoms with Gasteiger partial charge < -0.3 is 25.2 Å². The van der Waals surface area contributed by atoms with Gasteiger partial charge in [-0.2, -0.15) is 0 Å². The Morgan fingerprint density at radius 3 is 2.48 bits per heavy atom. The van der Waals surface area contributed by atoms with Gasteiger partial charge in [0.25, 0.3) is 0 Å². The van der Waals surface area contributed by atoms with Crippen molar-refractivity contribution in [3.05, 3.63) is 0 Å². The third-order valence-electron chi connectivity index (χ3n) is 5.48. The molecule has 0 saturated carbocycles. The first kappa shape index (κ1) is 21.8. The van der Waals surface area contributed by atoms with Crippen LogP contribution in [0.5, 0.6) is 0 Å². The van der Waals surface area contributed by atoms with E-state index in [2.05, 4.69) is 20.5 Å². The highest BCUT2D eigenvalue weighted by Gasteiger charge is 2.23. The number of piperidine rings is 2. The van der Waals surface area contributed by atoms with Gasteiger partial charge in [-0.05, 0) is 65.1 Å². The lowest BCUT2D eigenvalue weighted by molar-refractivity contribution is 0.0963. The Morgan fingerprint density at radius 1 is 1.07 bits per heavy atom. The Labute approximate surface area is 164 Å². The summed E-state index contributed by atoms with van der Waals surface area (Å²) in [5.41, 5.74) is 0. The summed E-state index contributed by atoms with van der Waals surface area (Å²) in [6.07, 6.45) is 9.56. The number of guanidine groups is 1. The molecule has 2 fully saturated rings. The maximum absolute atomic E-state index is 11.8. The smallest absolute Gasteiger partial charge is 0.409 e. The standard InChI is InChI=1S/C20H39N5O2/c1-3-27-20(26)25-16-10-18(11-17-25)23-19(21-2)22-12-6-4-7-13-24-14-8-5-9-15-24/h18H,3-17H2,1-2H3,(H2,21,22,23). The number of carbonyl (C=O) groups excluding carboxylic acids is 1. The van der Waals surface area contributed by atoms with Gasteiger partial charge in [0.15, 0.2) is 5.96 Å². The third-order valence-corrected chi connectivity index (χ3v) is 5.48. The van der Waals surface area contributed by atoms with E-state index >= 15 is 0 Å². The number of ether oxygens (including phenoxy) is 1. The molecule has 2 N–H and O–H groups in total. The van der Waals surface area contributed by atoms with Crippen LogP contribution in [-0.2, 0) is 4.74 Å². The molecule has 7 heteroatoms. The molecule has 2 heterocycles. The minimum absolute atomic E-state index is 0.192. The van der Waals surface area contributed by atoms with Crippen LogP contribution in [0.1, 0.15) is 58.3 Å². The second kappa shape index (κ2) is 12.8. The van der Waals surface area contributed by atoms with Crippen LogP contribution in [0.2, 0.25) is 0 Å². The van der Waals surface area contributed by atoms with Crippen LogP contribution in [0.25, 0.3) is 0 Å². The number of nitrogens with one attached hydrogen (secondary N) is 2. The molecule has 0 bridgehead atoms. The average Bonchev–Trinajstić information content (AvgIpc) is 2.71. The van der Waals surface area contributed by atoms with Gasteiger partial charge in [0.05, 0.1) is 6.61 Å². The maximum Gasteiger partial charge on any atom is 0.409 e. The Hall–Kier alpha value is -1.50. The van der Waals surface area contributed by atoms with E-state index in [-0.39, 0.29) is 6.09 Å². The summed E-state index contributed by atoms with van der Waals surface area (Å²) in [6, 6.07) is 0.362. The number of unbranched alkanes of at least 4 members (excludes halogenated alkanes) is 2. The van der Waals surface area contributed by atoms with Crippen LogP contribution in [-0.4, -0.2) is 80.8 Å². The number of hydrogen-bond acceptors (Lipinski definition) is 4. The highest BCUT2D eigenvalue weighted by Crippen LogP contribution is 2.12. The van der Waals surface area contributed by atoms with Gasteiger partial charge in [0, 0.05) is 32.7 Å². The summed E-state index contributed by atoms with van der Waals surface area (Å²) in [6.45, 7) is 8.57. The number of carbonyl (C=O) groups is 1. The second-order valence-corrected chi connectivity index (χ2v) is 7.57. The second-order valence-electron chi connectivity index (χ2n) is 7.57. The van der Waals surface area contributed by atoms with Gasteiger partial charge in [-0.15, -0.1) is 0 Å². The molecule has 0 radical (unpaired) electrons. The van der Waals surface area contributed by atoms with E-state index in [0.717, 1.165) is 38.4 Å². The van der Waals surface area contributed by atoms with E-state index in [0.29, 0.717) is 12.6 Å². The fourth-order valence-corrected chi connectivity index (χ4v) is 3.84. The number of amides is 1. The summed E-state index contributed by atoms with van der Waals surface area (Å²) in [5, 5.41) is 6.92. The van der Waals surface area contributed by atoms with E-state index < -0.39 is 0 Å². The van der Waals surface area contributed by atoms with Crippen molar-refractivity contribution in [3.8, 4) is 0 Å². The zero-order valence-electron chi connectivity index (χ0n) is 17.3. The molecule has 2 saturated heterocycles. The summed E-state index contributed by atoms with van der Waals surface area (Å²) in [5.74, 6) is 0.876. The van der Waals surface area contributed by atoms with E-state index in [1.165, 1.54) is 58.2 Å². The van der Waals surface area contributed by atoms with Crippen LogP contribution in [0.4, 0.5) is 4.79 Å². The minimum Gasteiger partial charge on any atom is -0.450 e. The maximum atomic E-state index is 11.8. The highest BCUT2D eigenvalue weighted by atomic mass is 16.6. The third kappa shape index (κ3) is 8.37. The topological polar surface area (TPSA) is 69.2 Å². The van der Waals surface area contributed by atoms with Crippen molar-refractivity contribution in [1.29, 1.82) is 0 Å². The molecule has 2 aliphatic rings. The van der Waals surface area contributed by atoms with Gasteiger partial charge >= 0.3 is 6.09 Å². The van der Waals surface area contributed by atoms with Gasteiger partial charge in [0.2, 0.25) is 0 Å². The molecule has 2 rings (SSSR count). The fourth-order valence-electron chi connectivity index (χ4n) is 3.84. The number of likely N-dealkylation sites (tertiary alicyclic amines) is 2. The van der Waals surface area contributed by atoms with Crippen molar-refractivity contribution in [2.24, 2.45) is 4.99 Å². The number of aliphatic imine (C=N–C) groups is 1. The zero-order valence-corrected chi connectivity index (χ0v) is 17.3. The number of nitrogens with zero attached hydrogens (tertiary/aromatic N) is 3. The van der Waals surface area contributed by atoms with Gasteiger partial charge in [-0.25, -0.2) is 4.79 Å². The van der Waals surface area contributed by atoms with Crippen LogP contribution in [0.3, 0.4) is 0 Å². The summed E-state index contributed by atoms with van der Waals surface area (Å²) >= 11 is 0. The molecule has 0 aromatic carbocycles. The van der Waals surface area contributed by atoms with Crippen LogP contribution < -0.4 is 10.6 Å². The van der Waals surface area contributed by atoms with Crippen LogP contribution >= 0.6 is 0 Å². The molecule has 0 spiro atoms. The Kier molecular flexibility index (Phi) is 10.3. The minimum atomic E-state index is -0.192. The van der Waals surface area contributed by atoms with Gasteiger partial charge in [0.1, 0.15) is 0 Å². The SMILES string of the molecule is CCOC(=O)N1CCC(NC(=NC)NCCCCCN2CCCCC2)CC1. The molecule has 156 valence electrons. The lowest BCUT2D eigenvalue weighted by Crippen LogP contribution is -2.50. The van der Waals surface area contributed by atoms with Gasteiger partial charge in [-0.3, -0.25) is 4.99 Å². The van der Waals surface area contributed by atoms with E-state index in [1.54, 1.807) is 4.90 Å². The summed E-state index contributed by atoms with van der Waals surface area (Å²) < 4.78 is 5.07. The molecule has 0 aromatic heterocycles. The lowest BCUT2D eigenvalue weighted by Gasteiger charge is -2.32. The molecular weight excluding hydrogens is 342 g/mol. The number of rotatable bonds is 8. The highest BCUT2D eigenvalue weighted by molar-refractivity contribution is 5.80. The van der Waals surface area contributed by atoms with Crippen molar-refractivity contribution in [2.75, 3.05) is 52.9 Å². The van der Waals surface area contributed by atoms with Crippen LogP contribution in [0, 0.1) is 0 Å². The Balaban J connectivity index is 1.52. The quantitative estimate of drug-likeness (QED) is 0.384. The summed E-state index contributed by atoms with van der Waals surface area (Å²) in [7, 11) is 1.82.